The lowest BCUT2D eigenvalue weighted by atomic mass is 10.2. The van der Waals surface area contributed by atoms with Crippen molar-refractivity contribution < 1.29 is 27.5 Å². The maximum Gasteiger partial charge on any atom is 0.436 e. The number of hydrogen-bond donors (Lipinski definition) is 2. The third-order valence-electron chi connectivity index (χ3n) is 3.80. The number of esters is 1. The van der Waals surface area contributed by atoms with Gasteiger partial charge in [-0.1, -0.05) is 11.6 Å². The molecule has 6 nitrogen and oxygen atoms in total. The number of nitrogens with zero attached hydrogens (tertiary/aromatic N) is 2. The quantitative estimate of drug-likeness (QED) is 0.507. The summed E-state index contributed by atoms with van der Waals surface area (Å²) in [5.41, 5.74) is -0.829. The van der Waals surface area contributed by atoms with E-state index in [1.54, 1.807) is 6.92 Å². The Kier molecular flexibility index (Phi) is 6.84. The lowest BCUT2D eigenvalue weighted by Gasteiger charge is -2.15. The van der Waals surface area contributed by atoms with Crippen molar-refractivity contribution >= 4 is 36.1 Å². The number of amides is 1. The molecule has 26 heavy (non-hydrogen) atoms. The molecule has 0 aromatic carbocycles. The summed E-state index contributed by atoms with van der Waals surface area (Å²) in [6.07, 6.45) is -3.34. The van der Waals surface area contributed by atoms with Crippen LogP contribution in [0.2, 0.25) is 5.02 Å². The zero-order chi connectivity index (χ0) is 19.5. The second kappa shape index (κ2) is 8.51. The van der Waals surface area contributed by atoms with Crippen molar-refractivity contribution in [1.82, 2.24) is 15.1 Å². The molecular formula is C15H19ClF3N3O3S. The topological polar surface area (TPSA) is 73.2 Å². The Morgan fingerprint density at radius 1 is 1.46 bits per heavy atom. The van der Waals surface area contributed by atoms with E-state index in [0.29, 0.717) is 5.69 Å². The van der Waals surface area contributed by atoms with Crippen LogP contribution < -0.4 is 5.32 Å². The number of carbonyl (C=O) groups is 2. The fourth-order valence-corrected chi connectivity index (χ4v) is 3.08. The molecule has 0 radical (unpaired) electrons. The monoisotopic (exact) mass is 413 g/mol. The summed E-state index contributed by atoms with van der Waals surface area (Å²) < 4.78 is 45.0. The van der Waals surface area contributed by atoms with E-state index in [1.165, 1.54) is 0 Å². The van der Waals surface area contributed by atoms with Crippen molar-refractivity contribution in [1.29, 1.82) is 0 Å². The van der Waals surface area contributed by atoms with Crippen molar-refractivity contribution in [3.8, 4) is 0 Å². The van der Waals surface area contributed by atoms with Crippen molar-refractivity contribution in [2.24, 2.45) is 0 Å². The summed E-state index contributed by atoms with van der Waals surface area (Å²) in [6, 6.07) is -0.916. The first kappa shape index (κ1) is 20.9. The van der Waals surface area contributed by atoms with Gasteiger partial charge in [0.15, 0.2) is 5.69 Å². The lowest BCUT2D eigenvalue weighted by Crippen LogP contribution is -2.43. The molecular weight excluding hydrogens is 395 g/mol. The number of carbonyl (C=O) groups excluding carboxylic acids is 2. The predicted octanol–water partition coefficient (Wildman–Crippen LogP) is 2.80. The molecule has 1 saturated carbocycles. The van der Waals surface area contributed by atoms with E-state index >= 15 is 0 Å². The molecule has 0 spiro atoms. The van der Waals surface area contributed by atoms with Crippen LogP contribution >= 0.6 is 24.2 Å². The molecule has 1 amide bonds. The van der Waals surface area contributed by atoms with Crippen LogP contribution in [0.5, 0.6) is 0 Å². The molecule has 1 N–H and O–H groups in total. The van der Waals surface area contributed by atoms with Gasteiger partial charge in [-0.15, -0.1) is 0 Å². The summed E-state index contributed by atoms with van der Waals surface area (Å²) in [5, 5.41) is 5.60. The third kappa shape index (κ3) is 5.06. The standard InChI is InChI=1S/C15H19ClF3N3O3S/c1-2-25-14(24)9(7-26)20-10(23)5-6-22-12(8-3-4-8)11(16)13(21-22)15(17,18)19/h8-9,26H,2-7H2,1H3,(H,20,23)/t9-/m0/s1. The Hall–Kier alpha value is -1.42. The molecule has 0 unspecified atom stereocenters. The van der Waals surface area contributed by atoms with E-state index in [2.05, 4.69) is 23.0 Å². The average molecular weight is 414 g/mol. The molecule has 1 aliphatic rings. The summed E-state index contributed by atoms with van der Waals surface area (Å²) >= 11 is 9.86. The normalized spacial score (nSPS) is 15.6. The molecule has 1 aromatic rings. The molecule has 1 aromatic heterocycles. The van der Waals surface area contributed by atoms with Crippen molar-refractivity contribution in [2.45, 2.75) is 50.9 Å². The van der Waals surface area contributed by atoms with Gasteiger partial charge in [-0.25, -0.2) is 4.79 Å². The van der Waals surface area contributed by atoms with Gasteiger partial charge in [-0.3, -0.25) is 9.48 Å². The Balaban J connectivity index is 2.04. The molecule has 0 bridgehead atoms. The van der Waals surface area contributed by atoms with E-state index in [-0.39, 0.29) is 31.2 Å². The van der Waals surface area contributed by atoms with Gasteiger partial charge in [-0.2, -0.15) is 30.9 Å². The number of nitrogens with one attached hydrogen (secondary N) is 1. The van der Waals surface area contributed by atoms with Gasteiger partial charge in [0, 0.05) is 18.1 Å². The van der Waals surface area contributed by atoms with Crippen molar-refractivity contribution in [3.63, 3.8) is 0 Å². The number of halogens is 4. The summed E-state index contributed by atoms with van der Waals surface area (Å²) in [4.78, 5) is 23.7. The summed E-state index contributed by atoms with van der Waals surface area (Å²) in [6.45, 7) is 1.72. The van der Waals surface area contributed by atoms with E-state index in [9.17, 15) is 22.8 Å². The van der Waals surface area contributed by atoms with E-state index < -0.39 is 34.8 Å². The first-order chi connectivity index (χ1) is 12.2. The number of ether oxygens (including phenoxy) is 1. The van der Waals surface area contributed by atoms with E-state index in [1.807, 2.05) is 0 Å². The molecule has 11 heteroatoms. The van der Waals surface area contributed by atoms with Crippen LogP contribution in [0.3, 0.4) is 0 Å². The Morgan fingerprint density at radius 2 is 2.12 bits per heavy atom. The highest BCUT2D eigenvalue weighted by molar-refractivity contribution is 7.80. The number of hydrogen-bond acceptors (Lipinski definition) is 5. The second-order valence-electron chi connectivity index (χ2n) is 5.85. The maximum atomic E-state index is 13.0. The minimum absolute atomic E-state index is 0.0454. The molecule has 1 atom stereocenters. The van der Waals surface area contributed by atoms with Gasteiger partial charge in [0.2, 0.25) is 5.91 Å². The van der Waals surface area contributed by atoms with Crippen LogP contribution in [0.15, 0.2) is 0 Å². The summed E-state index contributed by atoms with van der Waals surface area (Å²) in [5.74, 6) is -1.15. The van der Waals surface area contributed by atoms with Gasteiger partial charge in [0.1, 0.15) is 6.04 Å². The van der Waals surface area contributed by atoms with Gasteiger partial charge in [0.25, 0.3) is 0 Å². The molecule has 1 aliphatic carbocycles. The number of aromatic nitrogens is 2. The van der Waals surface area contributed by atoms with E-state index in [0.717, 1.165) is 17.5 Å². The Morgan fingerprint density at radius 3 is 2.62 bits per heavy atom. The second-order valence-corrected chi connectivity index (χ2v) is 6.59. The fraction of sp³-hybridized carbons (Fsp3) is 0.667. The van der Waals surface area contributed by atoms with Crippen molar-refractivity contribution in [2.75, 3.05) is 12.4 Å². The number of aryl methyl sites for hydroxylation is 1. The van der Waals surface area contributed by atoms with Crippen LogP contribution in [0.4, 0.5) is 13.2 Å². The molecule has 1 fully saturated rings. The molecule has 146 valence electrons. The first-order valence-corrected chi connectivity index (χ1v) is 9.10. The van der Waals surface area contributed by atoms with Crippen LogP contribution in [-0.2, 0) is 27.0 Å². The largest absolute Gasteiger partial charge is 0.464 e. The molecule has 0 saturated heterocycles. The van der Waals surface area contributed by atoms with Gasteiger partial charge >= 0.3 is 12.1 Å². The van der Waals surface area contributed by atoms with Crippen LogP contribution in [0.1, 0.15) is 43.5 Å². The van der Waals surface area contributed by atoms with Gasteiger partial charge in [-0.05, 0) is 19.8 Å². The highest BCUT2D eigenvalue weighted by Crippen LogP contribution is 2.46. The zero-order valence-electron chi connectivity index (χ0n) is 14.0. The maximum absolute atomic E-state index is 13.0. The predicted molar refractivity (Wildman–Crippen MR) is 91.2 cm³/mol. The minimum Gasteiger partial charge on any atom is -0.464 e. The molecule has 1 heterocycles. The van der Waals surface area contributed by atoms with Gasteiger partial charge in [0.05, 0.1) is 23.9 Å². The number of rotatable bonds is 8. The highest BCUT2D eigenvalue weighted by Gasteiger charge is 2.42. The Bertz CT molecular complexity index is 677. The highest BCUT2D eigenvalue weighted by atomic mass is 35.5. The Labute approximate surface area is 158 Å². The lowest BCUT2D eigenvalue weighted by molar-refractivity contribution is -0.146. The number of alkyl halides is 3. The fourth-order valence-electron chi connectivity index (χ4n) is 2.45. The molecule has 2 rings (SSSR count). The SMILES string of the molecule is CCOC(=O)[C@H](CS)NC(=O)CCn1nc(C(F)(F)F)c(Cl)c1C1CC1. The minimum atomic E-state index is -4.66. The number of thiol groups is 1. The first-order valence-electron chi connectivity index (χ1n) is 8.09. The van der Waals surface area contributed by atoms with Crippen LogP contribution in [0.25, 0.3) is 0 Å². The summed E-state index contributed by atoms with van der Waals surface area (Å²) in [7, 11) is 0. The third-order valence-corrected chi connectivity index (χ3v) is 4.54. The van der Waals surface area contributed by atoms with E-state index in [4.69, 9.17) is 16.3 Å². The molecule has 0 aliphatic heterocycles. The zero-order valence-corrected chi connectivity index (χ0v) is 15.6. The van der Waals surface area contributed by atoms with Crippen molar-refractivity contribution in [3.05, 3.63) is 16.4 Å². The van der Waals surface area contributed by atoms with Gasteiger partial charge < -0.3 is 10.1 Å². The van der Waals surface area contributed by atoms with Crippen LogP contribution in [0, 0.1) is 0 Å². The van der Waals surface area contributed by atoms with Crippen LogP contribution in [-0.4, -0.2) is 40.1 Å². The average Bonchev–Trinajstić information content (AvgIpc) is 3.33. The smallest absolute Gasteiger partial charge is 0.436 e.